The fourth-order valence-electron chi connectivity index (χ4n) is 1.64. The Hall–Kier alpha value is -1.71. The molecule has 1 aromatic rings. The first-order chi connectivity index (χ1) is 7.57. The number of phenolic OH excluding ortho intramolecular Hbond substituents is 1. The molecule has 0 aliphatic carbocycles. The van der Waals surface area contributed by atoms with Crippen molar-refractivity contribution in [3.8, 4) is 5.75 Å². The maximum absolute atomic E-state index is 11.3. The summed E-state index contributed by atoms with van der Waals surface area (Å²) in [5.74, 6) is 0.0925. The molecule has 0 aliphatic heterocycles. The van der Waals surface area contributed by atoms with Crippen LogP contribution in [0.4, 0.5) is 10.5 Å². The van der Waals surface area contributed by atoms with Crippen LogP contribution in [0, 0.1) is 6.92 Å². The van der Waals surface area contributed by atoms with Gasteiger partial charge in [0.2, 0.25) is 0 Å². The Balaban J connectivity index is 3.05. The number of nitrogens with zero attached hydrogens (tertiary/aromatic N) is 1. The van der Waals surface area contributed by atoms with E-state index < -0.39 is 6.03 Å². The van der Waals surface area contributed by atoms with Gasteiger partial charge < -0.3 is 10.8 Å². The smallest absolute Gasteiger partial charge is 0.319 e. The second-order valence-corrected chi connectivity index (χ2v) is 3.79. The van der Waals surface area contributed by atoms with Gasteiger partial charge in [-0.05, 0) is 25.0 Å². The Bertz CT molecular complexity index is 357. The van der Waals surface area contributed by atoms with Crippen LogP contribution in [0.3, 0.4) is 0 Å². The molecule has 1 aromatic carbocycles. The fourth-order valence-corrected chi connectivity index (χ4v) is 1.64. The summed E-state index contributed by atoms with van der Waals surface area (Å²) in [7, 11) is 0. The second kappa shape index (κ2) is 5.39. The molecule has 1 rings (SSSR count). The molecule has 16 heavy (non-hydrogen) atoms. The Morgan fingerprint density at radius 2 is 2.19 bits per heavy atom. The number of aryl methyl sites for hydroxylation is 1. The summed E-state index contributed by atoms with van der Waals surface area (Å²) in [5.41, 5.74) is 6.68. The van der Waals surface area contributed by atoms with Crippen molar-refractivity contribution in [3.63, 3.8) is 0 Å². The van der Waals surface area contributed by atoms with Crippen molar-refractivity contribution in [1.29, 1.82) is 0 Å². The fraction of sp³-hybridized carbons (Fsp3) is 0.417. The maximum Gasteiger partial charge on any atom is 0.319 e. The third-order valence-corrected chi connectivity index (χ3v) is 2.49. The lowest BCUT2D eigenvalue weighted by Crippen LogP contribution is -2.37. The number of hydrogen-bond acceptors (Lipinski definition) is 2. The van der Waals surface area contributed by atoms with Gasteiger partial charge in [0.05, 0.1) is 5.69 Å². The van der Waals surface area contributed by atoms with Crippen LogP contribution in [0.5, 0.6) is 5.75 Å². The molecular weight excluding hydrogens is 204 g/mol. The third-order valence-electron chi connectivity index (χ3n) is 2.49. The van der Waals surface area contributed by atoms with Crippen LogP contribution < -0.4 is 10.6 Å². The number of rotatable bonds is 4. The van der Waals surface area contributed by atoms with Crippen molar-refractivity contribution in [3.05, 3.63) is 23.8 Å². The molecule has 4 heteroatoms. The van der Waals surface area contributed by atoms with Gasteiger partial charge in [0.25, 0.3) is 0 Å². The van der Waals surface area contributed by atoms with Gasteiger partial charge in [-0.2, -0.15) is 0 Å². The van der Waals surface area contributed by atoms with E-state index in [-0.39, 0.29) is 5.75 Å². The van der Waals surface area contributed by atoms with Crippen molar-refractivity contribution < 1.29 is 9.90 Å². The van der Waals surface area contributed by atoms with Crippen molar-refractivity contribution in [2.45, 2.75) is 26.7 Å². The van der Waals surface area contributed by atoms with E-state index in [0.29, 0.717) is 12.2 Å². The minimum atomic E-state index is -0.530. The number of anilines is 1. The predicted molar refractivity (Wildman–Crippen MR) is 64.7 cm³/mol. The zero-order valence-electron chi connectivity index (χ0n) is 9.73. The largest absolute Gasteiger partial charge is 0.506 e. The molecule has 0 aliphatic rings. The van der Waals surface area contributed by atoms with E-state index in [2.05, 4.69) is 0 Å². The van der Waals surface area contributed by atoms with Crippen LogP contribution in [-0.2, 0) is 0 Å². The molecule has 4 nitrogen and oxygen atoms in total. The average molecular weight is 222 g/mol. The summed E-state index contributed by atoms with van der Waals surface area (Å²) < 4.78 is 0. The van der Waals surface area contributed by atoms with E-state index in [1.165, 1.54) is 4.90 Å². The molecule has 0 radical (unpaired) electrons. The van der Waals surface area contributed by atoms with Crippen molar-refractivity contribution in [2.24, 2.45) is 5.73 Å². The van der Waals surface area contributed by atoms with Gasteiger partial charge in [-0.3, -0.25) is 4.90 Å². The number of carbonyl (C=O) groups is 1. The molecule has 0 spiro atoms. The van der Waals surface area contributed by atoms with Crippen LogP contribution >= 0.6 is 0 Å². The van der Waals surface area contributed by atoms with E-state index >= 15 is 0 Å². The van der Waals surface area contributed by atoms with Crippen LogP contribution in [0.25, 0.3) is 0 Å². The van der Waals surface area contributed by atoms with E-state index in [9.17, 15) is 9.90 Å². The highest BCUT2D eigenvalue weighted by Gasteiger charge is 2.17. The lowest BCUT2D eigenvalue weighted by Gasteiger charge is -2.23. The standard InChI is InChI=1S/C12H18N2O2/c1-3-4-8-14(12(13)16)11-9(2)6-5-7-10(11)15/h5-7,15H,3-4,8H2,1-2H3,(H2,13,16). The highest BCUT2D eigenvalue weighted by molar-refractivity contribution is 5.93. The number of carbonyl (C=O) groups excluding carboxylic acids is 1. The first-order valence-electron chi connectivity index (χ1n) is 5.43. The number of urea groups is 1. The molecule has 0 saturated carbocycles. The Morgan fingerprint density at radius 1 is 1.50 bits per heavy atom. The molecule has 3 N–H and O–H groups in total. The molecule has 0 saturated heterocycles. The lowest BCUT2D eigenvalue weighted by molar-refractivity contribution is 0.253. The maximum atomic E-state index is 11.3. The van der Waals surface area contributed by atoms with Crippen molar-refractivity contribution >= 4 is 11.7 Å². The molecular formula is C12H18N2O2. The Labute approximate surface area is 95.7 Å². The number of hydrogen-bond donors (Lipinski definition) is 2. The monoisotopic (exact) mass is 222 g/mol. The van der Waals surface area contributed by atoms with Gasteiger partial charge in [-0.15, -0.1) is 0 Å². The summed E-state index contributed by atoms with van der Waals surface area (Å²) in [5, 5.41) is 9.76. The molecule has 2 amide bonds. The SMILES string of the molecule is CCCCN(C(N)=O)c1c(C)cccc1O. The molecule has 88 valence electrons. The zero-order chi connectivity index (χ0) is 12.1. The quantitative estimate of drug-likeness (QED) is 0.821. The van der Waals surface area contributed by atoms with E-state index in [1.807, 2.05) is 19.9 Å². The van der Waals surface area contributed by atoms with E-state index in [4.69, 9.17) is 5.73 Å². The Kier molecular flexibility index (Phi) is 4.17. The highest BCUT2D eigenvalue weighted by Crippen LogP contribution is 2.30. The highest BCUT2D eigenvalue weighted by atomic mass is 16.3. The van der Waals surface area contributed by atoms with Crippen LogP contribution in [0.1, 0.15) is 25.3 Å². The summed E-state index contributed by atoms with van der Waals surface area (Å²) in [6.07, 6.45) is 1.83. The minimum absolute atomic E-state index is 0.0925. The molecule has 0 aromatic heterocycles. The minimum Gasteiger partial charge on any atom is -0.506 e. The number of benzene rings is 1. The summed E-state index contributed by atoms with van der Waals surface area (Å²) in [6, 6.07) is 4.62. The van der Waals surface area contributed by atoms with Gasteiger partial charge in [0.15, 0.2) is 0 Å². The molecule has 0 atom stereocenters. The first kappa shape index (κ1) is 12.4. The number of primary amides is 1. The number of nitrogens with two attached hydrogens (primary N) is 1. The van der Waals surface area contributed by atoms with Gasteiger partial charge in [0.1, 0.15) is 5.75 Å². The van der Waals surface area contributed by atoms with Crippen LogP contribution in [0.15, 0.2) is 18.2 Å². The van der Waals surface area contributed by atoms with Crippen LogP contribution in [-0.4, -0.2) is 17.7 Å². The average Bonchev–Trinajstić information content (AvgIpc) is 2.21. The second-order valence-electron chi connectivity index (χ2n) is 3.79. The zero-order valence-corrected chi connectivity index (χ0v) is 9.73. The summed E-state index contributed by atoms with van der Waals surface area (Å²) in [6.45, 7) is 4.41. The number of phenols is 1. The van der Waals surface area contributed by atoms with Gasteiger partial charge in [-0.1, -0.05) is 25.5 Å². The number of amides is 2. The Morgan fingerprint density at radius 3 is 2.69 bits per heavy atom. The normalized spacial score (nSPS) is 10.1. The van der Waals surface area contributed by atoms with Crippen molar-refractivity contribution in [2.75, 3.05) is 11.4 Å². The lowest BCUT2D eigenvalue weighted by atomic mass is 10.1. The van der Waals surface area contributed by atoms with E-state index in [1.54, 1.807) is 12.1 Å². The third kappa shape index (κ3) is 2.66. The number of unbranched alkanes of at least 4 members (excludes halogenated alkanes) is 1. The van der Waals surface area contributed by atoms with Crippen LogP contribution in [0.2, 0.25) is 0 Å². The molecule has 0 fully saturated rings. The van der Waals surface area contributed by atoms with Gasteiger partial charge in [0, 0.05) is 6.54 Å². The molecule has 0 unspecified atom stereocenters. The number of para-hydroxylation sites is 1. The van der Waals surface area contributed by atoms with Gasteiger partial charge >= 0.3 is 6.03 Å². The molecule has 0 bridgehead atoms. The van der Waals surface area contributed by atoms with Crippen molar-refractivity contribution in [1.82, 2.24) is 0 Å². The topological polar surface area (TPSA) is 66.6 Å². The summed E-state index contributed by atoms with van der Waals surface area (Å²) >= 11 is 0. The predicted octanol–water partition coefficient (Wildman–Crippen LogP) is 2.39. The first-order valence-corrected chi connectivity index (χ1v) is 5.43. The summed E-state index contributed by atoms with van der Waals surface area (Å²) in [4.78, 5) is 12.8. The number of aromatic hydroxyl groups is 1. The van der Waals surface area contributed by atoms with Gasteiger partial charge in [-0.25, -0.2) is 4.79 Å². The molecule has 0 heterocycles. The van der Waals surface area contributed by atoms with E-state index in [0.717, 1.165) is 18.4 Å².